The molecule has 0 spiro atoms. The summed E-state index contributed by atoms with van der Waals surface area (Å²) in [5, 5.41) is 13.0. The molecule has 3 fully saturated rings. The van der Waals surface area contributed by atoms with E-state index < -0.39 is 0 Å². The molecule has 1 saturated carbocycles. The highest BCUT2D eigenvalue weighted by Gasteiger charge is 2.42. The second kappa shape index (κ2) is 5.68. The van der Waals surface area contributed by atoms with Gasteiger partial charge in [-0.3, -0.25) is 9.80 Å². The van der Waals surface area contributed by atoms with Gasteiger partial charge in [-0.1, -0.05) is 0 Å². The average Bonchev–Trinajstić information content (AvgIpc) is 3.17. The third-order valence-electron chi connectivity index (χ3n) is 5.78. The van der Waals surface area contributed by atoms with Gasteiger partial charge in [-0.25, -0.2) is 0 Å². The van der Waals surface area contributed by atoms with Gasteiger partial charge in [-0.2, -0.15) is 0 Å². The number of hydrogen-bond donors (Lipinski definition) is 2. The molecule has 4 nitrogen and oxygen atoms in total. The predicted molar refractivity (Wildman–Crippen MR) is 77.3 cm³/mol. The molecule has 4 heteroatoms. The first-order valence-electron chi connectivity index (χ1n) is 8.04. The Balaban J connectivity index is 1.54. The molecule has 3 rings (SSSR count). The van der Waals surface area contributed by atoms with Crippen molar-refractivity contribution < 1.29 is 5.11 Å². The third kappa shape index (κ3) is 2.68. The fourth-order valence-corrected chi connectivity index (χ4v) is 4.36. The van der Waals surface area contributed by atoms with Crippen molar-refractivity contribution in [2.75, 3.05) is 39.8 Å². The van der Waals surface area contributed by atoms with Crippen molar-refractivity contribution in [1.82, 2.24) is 15.1 Å². The zero-order chi connectivity index (χ0) is 13.3. The van der Waals surface area contributed by atoms with Gasteiger partial charge in [0.05, 0.1) is 6.61 Å². The van der Waals surface area contributed by atoms with E-state index in [2.05, 4.69) is 15.1 Å². The molecule has 2 N–H and O–H groups in total. The van der Waals surface area contributed by atoms with Crippen LogP contribution in [0.25, 0.3) is 0 Å². The van der Waals surface area contributed by atoms with E-state index in [0.29, 0.717) is 6.04 Å². The van der Waals surface area contributed by atoms with E-state index in [1.165, 1.54) is 51.9 Å². The molecule has 0 bridgehead atoms. The highest BCUT2D eigenvalue weighted by atomic mass is 16.3. The lowest BCUT2D eigenvalue weighted by atomic mass is 9.99. The van der Waals surface area contributed by atoms with Gasteiger partial charge in [0, 0.05) is 30.7 Å². The summed E-state index contributed by atoms with van der Waals surface area (Å²) in [6.07, 6.45) is 7.62. The number of likely N-dealkylation sites (tertiary alicyclic amines) is 2. The van der Waals surface area contributed by atoms with E-state index in [4.69, 9.17) is 0 Å². The molecular weight excluding hydrogens is 238 g/mol. The zero-order valence-electron chi connectivity index (χ0n) is 12.3. The van der Waals surface area contributed by atoms with Gasteiger partial charge < -0.3 is 10.4 Å². The molecule has 3 atom stereocenters. The molecule has 3 unspecified atom stereocenters. The standard InChI is InChI=1S/C15H29N3O/c1-16-15(12-19)6-4-13(10-15)18-9-5-14(11-18)17-7-2-3-8-17/h13-14,16,19H,2-12H2,1H3. The number of aliphatic hydroxyl groups is 1. The summed E-state index contributed by atoms with van der Waals surface area (Å²) in [7, 11) is 2.00. The number of hydrogen-bond acceptors (Lipinski definition) is 4. The van der Waals surface area contributed by atoms with Crippen LogP contribution in [-0.4, -0.2) is 72.4 Å². The summed E-state index contributed by atoms with van der Waals surface area (Å²) < 4.78 is 0. The van der Waals surface area contributed by atoms with Gasteiger partial charge in [0.15, 0.2) is 0 Å². The number of nitrogens with zero attached hydrogens (tertiary/aromatic N) is 2. The van der Waals surface area contributed by atoms with Gasteiger partial charge in [0.25, 0.3) is 0 Å². The topological polar surface area (TPSA) is 38.7 Å². The maximum atomic E-state index is 9.61. The fraction of sp³-hybridized carbons (Fsp3) is 1.00. The van der Waals surface area contributed by atoms with E-state index in [9.17, 15) is 5.11 Å². The highest BCUT2D eigenvalue weighted by Crippen LogP contribution is 2.35. The smallest absolute Gasteiger partial charge is 0.0613 e. The van der Waals surface area contributed by atoms with Crippen LogP contribution in [0.4, 0.5) is 0 Å². The Morgan fingerprint density at radius 2 is 1.89 bits per heavy atom. The van der Waals surface area contributed by atoms with Crippen molar-refractivity contribution in [3.63, 3.8) is 0 Å². The molecule has 2 aliphatic heterocycles. The van der Waals surface area contributed by atoms with E-state index in [1.807, 2.05) is 7.05 Å². The van der Waals surface area contributed by atoms with E-state index in [1.54, 1.807) is 0 Å². The Morgan fingerprint density at radius 3 is 2.53 bits per heavy atom. The number of aliphatic hydroxyl groups excluding tert-OH is 1. The van der Waals surface area contributed by atoms with Gasteiger partial charge in [0.1, 0.15) is 0 Å². The van der Waals surface area contributed by atoms with Crippen molar-refractivity contribution >= 4 is 0 Å². The van der Waals surface area contributed by atoms with Crippen molar-refractivity contribution in [3.8, 4) is 0 Å². The zero-order valence-corrected chi connectivity index (χ0v) is 12.3. The number of rotatable bonds is 4. The van der Waals surface area contributed by atoms with Crippen LogP contribution < -0.4 is 5.32 Å². The monoisotopic (exact) mass is 267 g/mol. The van der Waals surface area contributed by atoms with Gasteiger partial charge in [-0.15, -0.1) is 0 Å². The summed E-state index contributed by atoms with van der Waals surface area (Å²) in [6, 6.07) is 1.49. The minimum atomic E-state index is -0.00357. The molecule has 2 heterocycles. The predicted octanol–water partition coefficient (Wildman–Crippen LogP) is 0.659. The van der Waals surface area contributed by atoms with Crippen molar-refractivity contribution in [2.45, 2.75) is 56.1 Å². The van der Waals surface area contributed by atoms with Gasteiger partial charge in [0.2, 0.25) is 0 Å². The summed E-state index contributed by atoms with van der Waals surface area (Å²) in [6.45, 7) is 5.44. The largest absolute Gasteiger partial charge is 0.394 e. The Morgan fingerprint density at radius 1 is 1.11 bits per heavy atom. The van der Waals surface area contributed by atoms with Crippen molar-refractivity contribution in [1.29, 1.82) is 0 Å². The maximum absolute atomic E-state index is 9.61. The molecule has 19 heavy (non-hydrogen) atoms. The van der Waals surface area contributed by atoms with E-state index >= 15 is 0 Å². The third-order valence-corrected chi connectivity index (χ3v) is 5.78. The molecule has 0 radical (unpaired) electrons. The van der Waals surface area contributed by atoms with Gasteiger partial charge >= 0.3 is 0 Å². The van der Waals surface area contributed by atoms with E-state index in [0.717, 1.165) is 18.9 Å². The lowest BCUT2D eigenvalue weighted by molar-refractivity contribution is 0.152. The Bertz CT molecular complexity index is 300. The second-order valence-corrected chi connectivity index (χ2v) is 6.77. The molecule has 3 aliphatic rings. The molecule has 0 aromatic heterocycles. The summed E-state index contributed by atoms with van der Waals surface area (Å²) in [4.78, 5) is 5.39. The number of nitrogens with one attached hydrogen (secondary N) is 1. The SMILES string of the molecule is CNC1(CO)CCC(N2CCC(N3CCCC3)C2)C1. The molecule has 110 valence electrons. The first-order valence-corrected chi connectivity index (χ1v) is 8.04. The molecule has 0 amide bonds. The molecular formula is C15H29N3O. The van der Waals surface area contributed by atoms with Crippen LogP contribution >= 0.6 is 0 Å². The quantitative estimate of drug-likeness (QED) is 0.785. The number of likely N-dealkylation sites (N-methyl/N-ethyl adjacent to an activating group) is 1. The maximum Gasteiger partial charge on any atom is 0.0613 e. The van der Waals surface area contributed by atoms with Crippen LogP contribution in [0.2, 0.25) is 0 Å². The van der Waals surface area contributed by atoms with Crippen LogP contribution in [0.15, 0.2) is 0 Å². The first-order chi connectivity index (χ1) is 9.26. The van der Waals surface area contributed by atoms with Crippen molar-refractivity contribution in [3.05, 3.63) is 0 Å². The Hall–Kier alpha value is -0.160. The molecule has 0 aromatic rings. The highest BCUT2D eigenvalue weighted by molar-refractivity contribution is 5.00. The average molecular weight is 267 g/mol. The minimum Gasteiger partial charge on any atom is -0.394 e. The minimum absolute atomic E-state index is 0.00357. The Kier molecular flexibility index (Phi) is 4.13. The molecule has 0 aromatic carbocycles. The summed E-state index contributed by atoms with van der Waals surface area (Å²) >= 11 is 0. The lowest BCUT2D eigenvalue weighted by Crippen LogP contribution is -2.46. The van der Waals surface area contributed by atoms with E-state index in [-0.39, 0.29) is 12.1 Å². The lowest BCUT2D eigenvalue weighted by Gasteiger charge is -2.30. The fourth-order valence-electron chi connectivity index (χ4n) is 4.36. The van der Waals surface area contributed by atoms with Crippen LogP contribution in [-0.2, 0) is 0 Å². The first kappa shape index (κ1) is 13.8. The van der Waals surface area contributed by atoms with Crippen LogP contribution in [0.1, 0.15) is 38.5 Å². The van der Waals surface area contributed by atoms with Gasteiger partial charge in [-0.05, 0) is 58.7 Å². The molecule has 1 aliphatic carbocycles. The van der Waals surface area contributed by atoms with Crippen LogP contribution in [0.5, 0.6) is 0 Å². The van der Waals surface area contributed by atoms with Crippen LogP contribution in [0.3, 0.4) is 0 Å². The molecule has 2 saturated heterocycles. The summed E-state index contributed by atoms with van der Waals surface area (Å²) in [5.74, 6) is 0. The Labute approximate surface area is 117 Å². The summed E-state index contributed by atoms with van der Waals surface area (Å²) in [5.41, 5.74) is -0.00357. The van der Waals surface area contributed by atoms with Crippen LogP contribution in [0, 0.1) is 0 Å². The van der Waals surface area contributed by atoms with Crippen molar-refractivity contribution in [2.24, 2.45) is 0 Å². The normalized spacial score (nSPS) is 41.4. The second-order valence-electron chi connectivity index (χ2n) is 6.77.